The highest BCUT2D eigenvalue weighted by Gasteiger charge is 2.06. The number of nitrogens with zero attached hydrogens (tertiary/aromatic N) is 2. The lowest BCUT2D eigenvalue weighted by atomic mass is 10.2. The second-order valence-electron chi connectivity index (χ2n) is 6.12. The molecule has 1 heterocycles. The predicted octanol–water partition coefficient (Wildman–Crippen LogP) is 3.44. The summed E-state index contributed by atoms with van der Waals surface area (Å²) in [6.07, 6.45) is 4.59. The molecule has 1 aromatic heterocycles. The quantitative estimate of drug-likeness (QED) is 0.634. The zero-order valence-corrected chi connectivity index (χ0v) is 14.9. The fourth-order valence-electron chi connectivity index (χ4n) is 2.72. The molecule has 0 radical (unpaired) electrons. The molecule has 0 aliphatic rings. The number of imidazole rings is 1. The van der Waals surface area contributed by atoms with Crippen molar-refractivity contribution in [3.05, 3.63) is 72.6 Å². The summed E-state index contributed by atoms with van der Waals surface area (Å²) in [6.45, 7) is 3.42. The molecule has 0 saturated carbocycles. The standard InChI is InChI=1S/C21H23N3O2/c1-17-7-5-10-19(15-17)26-16-20(25)22-11-6-13-24-14-12-23-21(24)18-8-3-2-4-9-18/h2-5,7-10,12,14-15H,6,11,13,16H2,1H3,(H,22,25). The number of hydrogen-bond acceptors (Lipinski definition) is 3. The van der Waals surface area contributed by atoms with E-state index in [1.54, 1.807) is 6.20 Å². The van der Waals surface area contributed by atoms with Crippen LogP contribution < -0.4 is 10.1 Å². The molecule has 3 aromatic rings. The van der Waals surface area contributed by atoms with E-state index in [1.165, 1.54) is 0 Å². The van der Waals surface area contributed by atoms with Crippen LogP contribution in [0.4, 0.5) is 0 Å². The van der Waals surface area contributed by atoms with Crippen molar-refractivity contribution in [1.82, 2.24) is 14.9 Å². The molecule has 5 heteroatoms. The summed E-state index contributed by atoms with van der Waals surface area (Å²) in [7, 11) is 0. The number of aromatic nitrogens is 2. The van der Waals surface area contributed by atoms with Crippen LogP contribution in [0.5, 0.6) is 5.75 Å². The van der Waals surface area contributed by atoms with E-state index < -0.39 is 0 Å². The van der Waals surface area contributed by atoms with E-state index in [9.17, 15) is 4.79 Å². The first-order valence-corrected chi connectivity index (χ1v) is 8.75. The maximum absolute atomic E-state index is 11.9. The molecule has 1 amide bonds. The summed E-state index contributed by atoms with van der Waals surface area (Å²) in [6, 6.07) is 17.8. The molecule has 2 aromatic carbocycles. The summed E-state index contributed by atoms with van der Waals surface area (Å²) in [4.78, 5) is 16.3. The molecule has 134 valence electrons. The molecule has 0 saturated heterocycles. The molecule has 26 heavy (non-hydrogen) atoms. The van der Waals surface area contributed by atoms with Crippen molar-refractivity contribution in [2.45, 2.75) is 19.9 Å². The third kappa shape index (κ3) is 4.96. The molecule has 0 spiro atoms. The summed E-state index contributed by atoms with van der Waals surface area (Å²) in [5, 5.41) is 2.89. The van der Waals surface area contributed by atoms with Crippen LogP contribution in [0.25, 0.3) is 11.4 Å². The lowest BCUT2D eigenvalue weighted by molar-refractivity contribution is -0.123. The summed E-state index contributed by atoms with van der Waals surface area (Å²) in [5.41, 5.74) is 2.20. The van der Waals surface area contributed by atoms with Gasteiger partial charge in [-0.1, -0.05) is 42.5 Å². The molecule has 1 N–H and O–H groups in total. The number of aryl methyl sites for hydroxylation is 2. The van der Waals surface area contributed by atoms with Gasteiger partial charge in [0, 0.05) is 31.0 Å². The molecule has 0 fully saturated rings. The lowest BCUT2D eigenvalue weighted by Crippen LogP contribution is -2.30. The largest absolute Gasteiger partial charge is 0.484 e. The van der Waals surface area contributed by atoms with E-state index in [2.05, 4.69) is 14.9 Å². The Bertz CT molecular complexity index is 843. The molecular weight excluding hydrogens is 326 g/mol. The van der Waals surface area contributed by atoms with Gasteiger partial charge in [0.25, 0.3) is 5.91 Å². The molecule has 0 bridgehead atoms. The number of hydrogen-bond donors (Lipinski definition) is 1. The molecule has 3 rings (SSSR count). The summed E-state index contributed by atoms with van der Waals surface area (Å²) < 4.78 is 7.60. The van der Waals surface area contributed by atoms with Crippen LogP contribution >= 0.6 is 0 Å². The van der Waals surface area contributed by atoms with E-state index >= 15 is 0 Å². The number of benzene rings is 2. The van der Waals surface area contributed by atoms with Gasteiger partial charge in [-0.25, -0.2) is 4.98 Å². The number of carbonyl (C=O) groups is 1. The first kappa shape index (κ1) is 17.7. The van der Waals surface area contributed by atoms with Crippen molar-refractivity contribution in [1.29, 1.82) is 0 Å². The highest BCUT2D eigenvalue weighted by Crippen LogP contribution is 2.16. The van der Waals surface area contributed by atoms with Crippen molar-refractivity contribution in [2.24, 2.45) is 0 Å². The van der Waals surface area contributed by atoms with Crippen molar-refractivity contribution >= 4 is 5.91 Å². The first-order chi connectivity index (χ1) is 12.7. The number of rotatable bonds is 8. The van der Waals surface area contributed by atoms with E-state index in [1.807, 2.05) is 67.7 Å². The van der Waals surface area contributed by atoms with Crippen molar-refractivity contribution < 1.29 is 9.53 Å². The monoisotopic (exact) mass is 349 g/mol. The molecule has 0 unspecified atom stereocenters. The van der Waals surface area contributed by atoms with Crippen molar-refractivity contribution in [3.63, 3.8) is 0 Å². The van der Waals surface area contributed by atoms with Crippen LogP contribution in [0.15, 0.2) is 67.0 Å². The van der Waals surface area contributed by atoms with Crippen molar-refractivity contribution in [2.75, 3.05) is 13.2 Å². The maximum atomic E-state index is 11.9. The van der Waals surface area contributed by atoms with Crippen molar-refractivity contribution in [3.8, 4) is 17.1 Å². The second-order valence-corrected chi connectivity index (χ2v) is 6.12. The minimum absolute atomic E-state index is 0.0315. The summed E-state index contributed by atoms with van der Waals surface area (Å²) >= 11 is 0. The van der Waals surface area contributed by atoms with Crippen LogP contribution in [0.3, 0.4) is 0 Å². The van der Waals surface area contributed by atoms with Gasteiger partial charge >= 0.3 is 0 Å². The molecule has 0 atom stereocenters. The molecule has 0 aliphatic heterocycles. The summed E-state index contributed by atoms with van der Waals surface area (Å²) in [5.74, 6) is 1.55. The highest BCUT2D eigenvalue weighted by molar-refractivity contribution is 5.77. The molecule has 5 nitrogen and oxygen atoms in total. The first-order valence-electron chi connectivity index (χ1n) is 8.75. The van der Waals surface area contributed by atoms with Gasteiger partial charge in [0.1, 0.15) is 11.6 Å². The molecular formula is C21H23N3O2. The third-order valence-corrected chi connectivity index (χ3v) is 4.00. The van der Waals surface area contributed by atoms with Crippen LogP contribution in [-0.4, -0.2) is 28.6 Å². The Morgan fingerprint density at radius 3 is 2.81 bits per heavy atom. The minimum Gasteiger partial charge on any atom is -0.484 e. The fourth-order valence-corrected chi connectivity index (χ4v) is 2.72. The van der Waals surface area contributed by atoms with Gasteiger partial charge in [-0.3, -0.25) is 4.79 Å². The van der Waals surface area contributed by atoms with Gasteiger partial charge in [0.05, 0.1) is 0 Å². The number of nitrogens with one attached hydrogen (secondary N) is 1. The zero-order chi connectivity index (χ0) is 18.2. The predicted molar refractivity (Wildman–Crippen MR) is 102 cm³/mol. The van der Waals surface area contributed by atoms with E-state index in [0.717, 1.165) is 29.9 Å². The Kier molecular flexibility index (Phi) is 6.04. The average molecular weight is 349 g/mol. The van der Waals surface area contributed by atoms with Gasteiger partial charge in [-0.2, -0.15) is 0 Å². The second kappa shape index (κ2) is 8.85. The number of ether oxygens (including phenoxy) is 1. The normalized spacial score (nSPS) is 10.5. The number of carbonyl (C=O) groups excluding carboxylic acids is 1. The minimum atomic E-state index is -0.111. The van der Waals surface area contributed by atoms with E-state index in [0.29, 0.717) is 12.3 Å². The van der Waals surface area contributed by atoms with Gasteiger partial charge in [-0.15, -0.1) is 0 Å². The van der Waals surface area contributed by atoms with Gasteiger partial charge in [-0.05, 0) is 31.0 Å². The Balaban J connectivity index is 1.41. The Hall–Kier alpha value is -3.08. The maximum Gasteiger partial charge on any atom is 0.257 e. The van der Waals surface area contributed by atoms with Crippen LogP contribution in [0, 0.1) is 6.92 Å². The van der Waals surface area contributed by atoms with Crippen LogP contribution in [0.2, 0.25) is 0 Å². The van der Waals surface area contributed by atoms with Gasteiger partial charge in [0.2, 0.25) is 0 Å². The average Bonchev–Trinajstić information content (AvgIpc) is 3.13. The van der Waals surface area contributed by atoms with E-state index in [4.69, 9.17) is 4.74 Å². The topological polar surface area (TPSA) is 56.1 Å². The highest BCUT2D eigenvalue weighted by atomic mass is 16.5. The van der Waals surface area contributed by atoms with Gasteiger partial charge < -0.3 is 14.6 Å². The third-order valence-electron chi connectivity index (χ3n) is 4.00. The Morgan fingerprint density at radius 1 is 1.15 bits per heavy atom. The van der Waals surface area contributed by atoms with Crippen LogP contribution in [0.1, 0.15) is 12.0 Å². The number of amides is 1. The fraction of sp³-hybridized carbons (Fsp3) is 0.238. The smallest absolute Gasteiger partial charge is 0.257 e. The Labute approximate surface area is 153 Å². The Morgan fingerprint density at radius 2 is 2.00 bits per heavy atom. The SMILES string of the molecule is Cc1cccc(OCC(=O)NCCCn2ccnc2-c2ccccc2)c1. The van der Waals surface area contributed by atoms with Gasteiger partial charge in [0.15, 0.2) is 6.61 Å². The zero-order valence-electron chi connectivity index (χ0n) is 14.9. The van der Waals surface area contributed by atoms with Crippen LogP contribution in [-0.2, 0) is 11.3 Å². The molecule has 0 aliphatic carbocycles. The lowest BCUT2D eigenvalue weighted by Gasteiger charge is -2.10. The van der Waals surface area contributed by atoms with E-state index in [-0.39, 0.29) is 12.5 Å².